The Morgan fingerprint density at radius 2 is 1.87 bits per heavy atom. The Kier molecular flexibility index (Phi) is 8.93. The zero-order chi connectivity index (χ0) is 11.1. The molecule has 1 unspecified atom stereocenters. The van der Waals surface area contributed by atoms with Gasteiger partial charge in [0.2, 0.25) is 0 Å². The normalized spacial score (nSPS) is 10.9. The number of rotatable bonds is 4. The van der Waals surface area contributed by atoms with E-state index < -0.39 is 30.6 Å². The van der Waals surface area contributed by atoms with Crippen LogP contribution < -0.4 is 6.15 Å². The van der Waals surface area contributed by atoms with Crippen molar-refractivity contribution in [1.29, 1.82) is 0 Å². The van der Waals surface area contributed by atoms with E-state index in [-0.39, 0.29) is 11.9 Å². The Balaban J connectivity index is 0. The summed E-state index contributed by atoms with van der Waals surface area (Å²) in [4.78, 5) is 31.8. The van der Waals surface area contributed by atoms with Crippen LogP contribution in [-0.2, 0) is 23.9 Å². The van der Waals surface area contributed by atoms with Crippen molar-refractivity contribution in [2.24, 2.45) is 0 Å². The minimum atomic E-state index is -1.32. The molecule has 0 aromatic carbocycles. The fourth-order valence-corrected chi connectivity index (χ4v) is 0.504. The lowest BCUT2D eigenvalue weighted by molar-refractivity contribution is -0.168. The van der Waals surface area contributed by atoms with E-state index in [1.165, 1.54) is 6.92 Å². The van der Waals surface area contributed by atoms with E-state index in [9.17, 15) is 14.4 Å². The van der Waals surface area contributed by atoms with Gasteiger partial charge in [0.15, 0.2) is 6.61 Å². The first-order valence-corrected chi connectivity index (χ1v) is 4.29. The zero-order valence-electron chi connectivity index (χ0n) is 8.13. The van der Waals surface area contributed by atoms with E-state index in [4.69, 9.17) is 5.11 Å². The molecule has 15 heavy (non-hydrogen) atoms. The van der Waals surface area contributed by atoms with E-state index in [1.807, 2.05) is 0 Å². The van der Waals surface area contributed by atoms with Gasteiger partial charge in [0.1, 0.15) is 6.10 Å². The van der Waals surface area contributed by atoms with Gasteiger partial charge in [-0.2, -0.15) is 12.6 Å². The smallest absolute Gasteiger partial charge is 0.351 e. The van der Waals surface area contributed by atoms with Gasteiger partial charge in [0, 0.05) is 0 Å². The monoisotopic (exact) mass is 239 g/mol. The SMILES string of the molecule is CC(O)C(=O)OCC(=O)OC(=O)CS.N. The van der Waals surface area contributed by atoms with Crippen molar-refractivity contribution in [2.45, 2.75) is 13.0 Å². The summed E-state index contributed by atoms with van der Waals surface area (Å²) < 4.78 is 8.39. The maximum atomic E-state index is 10.7. The first kappa shape index (κ1) is 16.3. The average Bonchev–Trinajstić information content (AvgIpc) is 2.13. The van der Waals surface area contributed by atoms with Gasteiger partial charge in [-0.1, -0.05) is 0 Å². The fourth-order valence-electron chi connectivity index (χ4n) is 0.439. The van der Waals surface area contributed by atoms with Crippen LogP contribution in [0.2, 0.25) is 0 Å². The highest BCUT2D eigenvalue weighted by Gasteiger charge is 2.14. The van der Waals surface area contributed by atoms with Crippen LogP contribution in [0.15, 0.2) is 0 Å². The van der Waals surface area contributed by atoms with Gasteiger partial charge in [0.25, 0.3) is 0 Å². The third kappa shape index (κ3) is 7.91. The highest BCUT2D eigenvalue weighted by molar-refractivity contribution is 7.81. The van der Waals surface area contributed by atoms with Crippen molar-refractivity contribution in [2.75, 3.05) is 12.4 Å². The molecule has 0 spiro atoms. The average molecular weight is 239 g/mol. The van der Waals surface area contributed by atoms with Crippen LogP contribution in [0.3, 0.4) is 0 Å². The van der Waals surface area contributed by atoms with Crippen molar-refractivity contribution < 1.29 is 29.0 Å². The first-order chi connectivity index (χ1) is 6.47. The third-order valence-electron chi connectivity index (χ3n) is 1.03. The molecule has 1 atom stereocenters. The molecule has 0 aliphatic rings. The Labute approximate surface area is 91.7 Å². The lowest BCUT2D eigenvalue weighted by Crippen LogP contribution is -2.25. The number of carbonyl (C=O) groups excluding carboxylic acids is 3. The highest BCUT2D eigenvalue weighted by atomic mass is 32.1. The fraction of sp³-hybridized carbons (Fsp3) is 0.571. The van der Waals surface area contributed by atoms with E-state index in [1.54, 1.807) is 0 Å². The number of thiol groups is 1. The minimum absolute atomic E-state index is 0. The molecule has 0 rings (SSSR count). The molecular formula is C7H13NO6S. The molecule has 8 heteroatoms. The number of aliphatic hydroxyl groups is 1. The van der Waals surface area contributed by atoms with Gasteiger partial charge in [-0.25, -0.2) is 9.59 Å². The van der Waals surface area contributed by atoms with E-state index in [0.717, 1.165) is 0 Å². The Hall–Kier alpha value is -1.12. The number of hydrogen-bond donors (Lipinski definition) is 3. The molecule has 88 valence electrons. The van der Waals surface area contributed by atoms with Crippen LogP contribution in [0, 0.1) is 0 Å². The number of hydrogen-bond acceptors (Lipinski definition) is 8. The maximum Gasteiger partial charge on any atom is 0.351 e. The standard InChI is InChI=1S/C7H10O6S.H3N/c1-4(8)7(11)12-2-5(9)13-6(10)3-14;/h4,8,14H,2-3H2,1H3;1H3. The van der Waals surface area contributed by atoms with Crippen LogP contribution in [0.25, 0.3) is 0 Å². The lowest BCUT2D eigenvalue weighted by atomic mass is 10.4. The molecule has 0 aliphatic carbocycles. The summed E-state index contributed by atoms with van der Waals surface area (Å²) in [5, 5.41) is 8.66. The molecule has 0 heterocycles. The molecule has 0 saturated carbocycles. The minimum Gasteiger partial charge on any atom is -0.452 e. The number of aliphatic hydroxyl groups excluding tert-OH is 1. The van der Waals surface area contributed by atoms with Gasteiger partial charge in [0.05, 0.1) is 5.75 Å². The first-order valence-electron chi connectivity index (χ1n) is 3.66. The number of carbonyl (C=O) groups is 3. The zero-order valence-corrected chi connectivity index (χ0v) is 9.03. The third-order valence-corrected chi connectivity index (χ3v) is 1.29. The summed E-state index contributed by atoms with van der Waals surface area (Å²) in [6.45, 7) is 0.482. The van der Waals surface area contributed by atoms with Crippen molar-refractivity contribution >= 4 is 30.5 Å². The Morgan fingerprint density at radius 1 is 1.33 bits per heavy atom. The van der Waals surface area contributed by atoms with Gasteiger partial charge < -0.3 is 20.7 Å². The van der Waals surface area contributed by atoms with E-state index in [2.05, 4.69) is 22.1 Å². The molecule has 0 aliphatic heterocycles. The second kappa shape index (κ2) is 8.21. The van der Waals surface area contributed by atoms with Crippen molar-refractivity contribution in [1.82, 2.24) is 6.15 Å². The molecule has 4 N–H and O–H groups in total. The van der Waals surface area contributed by atoms with Crippen LogP contribution in [0.4, 0.5) is 0 Å². The highest BCUT2D eigenvalue weighted by Crippen LogP contribution is 1.90. The summed E-state index contributed by atoms with van der Waals surface area (Å²) in [7, 11) is 0. The van der Waals surface area contributed by atoms with Crippen LogP contribution in [0.1, 0.15) is 6.92 Å². The summed E-state index contributed by atoms with van der Waals surface area (Å²) in [5.74, 6) is -3.03. The van der Waals surface area contributed by atoms with Gasteiger partial charge >= 0.3 is 17.9 Å². The summed E-state index contributed by atoms with van der Waals surface area (Å²) in [6.07, 6.45) is -1.32. The molecule has 0 radical (unpaired) electrons. The molecule has 0 fully saturated rings. The van der Waals surface area contributed by atoms with Gasteiger partial charge in [-0.05, 0) is 6.92 Å². The largest absolute Gasteiger partial charge is 0.452 e. The second-order valence-electron chi connectivity index (χ2n) is 2.29. The predicted octanol–water partition coefficient (Wildman–Crippen LogP) is -0.928. The summed E-state index contributed by atoms with van der Waals surface area (Å²) in [5.41, 5.74) is 0. The molecule has 0 aromatic rings. The van der Waals surface area contributed by atoms with E-state index in [0.29, 0.717) is 0 Å². The molecule has 0 aromatic heterocycles. The van der Waals surface area contributed by atoms with E-state index >= 15 is 0 Å². The van der Waals surface area contributed by atoms with Crippen LogP contribution in [0.5, 0.6) is 0 Å². The Morgan fingerprint density at radius 3 is 2.27 bits per heavy atom. The van der Waals surface area contributed by atoms with Crippen molar-refractivity contribution in [3.63, 3.8) is 0 Å². The molecule has 7 nitrogen and oxygen atoms in total. The number of esters is 3. The molecule has 0 bridgehead atoms. The maximum absolute atomic E-state index is 10.7. The molecular weight excluding hydrogens is 226 g/mol. The number of ether oxygens (including phenoxy) is 2. The summed E-state index contributed by atoms with van der Waals surface area (Å²) >= 11 is 3.56. The van der Waals surface area contributed by atoms with Gasteiger partial charge in [-0.3, -0.25) is 4.79 Å². The van der Waals surface area contributed by atoms with Crippen molar-refractivity contribution in [3.05, 3.63) is 0 Å². The molecule has 0 saturated heterocycles. The summed E-state index contributed by atoms with van der Waals surface area (Å²) in [6, 6.07) is 0. The second-order valence-corrected chi connectivity index (χ2v) is 2.60. The van der Waals surface area contributed by atoms with Gasteiger partial charge in [-0.15, -0.1) is 0 Å². The van der Waals surface area contributed by atoms with Crippen LogP contribution >= 0.6 is 12.6 Å². The topological polar surface area (TPSA) is 125 Å². The van der Waals surface area contributed by atoms with Crippen LogP contribution in [-0.4, -0.2) is 41.5 Å². The van der Waals surface area contributed by atoms with Crippen molar-refractivity contribution in [3.8, 4) is 0 Å². The lowest BCUT2D eigenvalue weighted by Gasteiger charge is -2.05. The quantitative estimate of drug-likeness (QED) is 0.329. The Bertz CT molecular complexity index is 242. The molecule has 0 amide bonds. The predicted molar refractivity (Wildman–Crippen MR) is 52.6 cm³/mol.